The highest BCUT2D eigenvalue weighted by atomic mass is 35.5. The van der Waals surface area contributed by atoms with Gasteiger partial charge in [-0.3, -0.25) is 4.79 Å². The molecular formula is C5H13Cl2NO. The molecule has 0 aromatic rings. The minimum Gasteiger partial charge on any atom is -0.369 e. The van der Waals surface area contributed by atoms with Crippen LogP contribution >= 0.6 is 24.8 Å². The van der Waals surface area contributed by atoms with Crippen molar-refractivity contribution < 1.29 is 4.79 Å². The third kappa shape index (κ3) is 8.05. The second-order valence-corrected chi connectivity index (χ2v) is 2.61. The van der Waals surface area contributed by atoms with Crippen LogP contribution in [0.5, 0.6) is 0 Å². The van der Waals surface area contributed by atoms with Gasteiger partial charge in [-0.1, -0.05) is 20.8 Å². The molecule has 2 N–H and O–H groups in total. The van der Waals surface area contributed by atoms with Gasteiger partial charge in [0.1, 0.15) is 0 Å². The molecule has 0 saturated heterocycles. The van der Waals surface area contributed by atoms with E-state index in [-0.39, 0.29) is 36.1 Å². The number of amides is 1. The minimum atomic E-state index is -0.361. The molecule has 0 aliphatic heterocycles. The Bertz CT molecular complexity index is 87.4. The highest BCUT2D eigenvalue weighted by Crippen LogP contribution is 2.09. The van der Waals surface area contributed by atoms with Crippen molar-refractivity contribution in [2.24, 2.45) is 11.1 Å². The summed E-state index contributed by atoms with van der Waals surface area (Å²) in [5, 5.41) is 0. The lowest BCUT2D eigenvalue weighted by Gasteiger charge is -2.10. The van der Waals surface area contributed by atoms with Crippen LogP contribution in [0.25, 0.3) is 0 Å². The summed E-state index contributed by atoms with van der Waals surface area (Å²) in [4.78, 5) is 10.2. The number of hydrogen-bond acceptors (Lipinski definition) is 1. The summed E-state index contributed by atoms with van der Waals surface area (Å²) in [5.41, 5.74) is 4.57. The van der Waals surface area contributed by atoms with Gasteiger partial charge in [0.25, 0.3) is 0 Å². The molecule has 1 amide bonds. The lowest BCUT2D eigenvalue weighted by molar-refractivity contribution is -0.125. The Morgan fingerprint density at radius 1 is 1.22 bits per heavy atom. The average Bonchev–Trinajstić information content (AvgIpc) is 1.31. The number of halogens is 2. The number of rotatable bonds is 0. The molecule has 9 heavy (non-hydrogen) atoms. The third-order valence-electron chi connectivity index (χ3n) is 0.739. The largest absolute Gasteiger partial charge is 0.369 e. The number of primary amides is 1. The van der Waals surface area contributed by atoms with Crippen LogP contribution in [-0.4, -0.2) is 5.91 Å². The molecule has 0 rings (SSSR count). The van der Waals surface area contributed by atoms with Gasteiger partial charge in [0.05, 0.1) is 0 Å². The summed E-state index contributed by atoms with van der Waals surface area (Å²) in [6, 6.07) is 0. The van der Waals surface area contributed by atoms with E-state index in [1.54, 1.807) is 20.8 Å². The number of carbonyl (C=O) groups excluding carboxylic acids is 1. The Kier molecular flexibility index (Phi) is 8.70. The van der Waals surface area contributed by atoms with Crippen LogP contribution in [0.2, 0.25) is 0 Å². The molecule has 4 heteroatoms. The smallest absolute Gasteiger partial charge is 0.222 e. The predicted octanol–water partition coefficient (Wildman–Crippen LogP) is 1.36. The molecule has 0 saturated carbocycles. The Hall–Kier alpha value is 0.0500. The Balaban J connectivity index is -0.000000180. The first-order valence-corrected chi connectivity index (χ1v) is 2.24. The molecule has 0 radical (unpaired) electrons. The normalized spacial score (nSPS) is 8.78. The van der Waals surface area contributed by atoms with Crippen molar-refractivity contribution in [3.63, 3.8) is 0 Å². The monoisotopic (exact) mass is 173 g/mol. The molecule has 0 aromatic heterocycles. The maximum absolute atomic E-state index is 10.2. The summed E-state index contributed by atoms with van der Waals surface area (Å²) >= 11 is 0. The fourth-order valence-electron chi connectivity index (χ4n) is 0. The van der Waals surface area contributed by atoms with Crippen molar-refractivity contribution in [2.45, 2.75) is 20.8 Å². The highest BCUT2D eigenvalue weighted by molar-refractivity contribution is 5.85. The first-order chi connectivity index (χ1) is 2.94. The molecule has 0 spiro atoms. The predicted molar refractivity (Wildman–Crippen MR) is 43.1 cm³/mol. The zero-order valence-electron chi connectivity index (χ0n) is 5.80. The van der Waals surface area contributed by atoms with E-state index in [1.807, 2.05) is 0 Å². The lowest BCUT2D eigenvalue weighted by Crippen LogP contribution is -2.27. The molecule has 0 atom stereocenters. The van der Waals surface area contributed by atoms with Crippen molar-refractivity contribution in [2.75, 3.05) is 0 Å². The summed E-state index contributed by atoms with van der Waals surface area (Å²) < 4.78 is 0. The molecule has 0 unspecified atom stereocenters. The number of carbonyl (C=O) groups is 1. The maximum atomic E-state index is 10.2. The van der Waals surface area contributed by atoms with Crippen LogP contribution in [0.15, 0.2) is 0 Å². The molecule has 0 heterocycles. The first kappa shape index (κ1) is 16.0. The molecule has 0 aliphatic rings. The fraction of sp³-hybridized carbons (Fsp3) is 0.800. The van der Waals surface area contributed by atoms with Gasteiger partial charge in [0.2, 0.25) is 5.91 Å². The van der Waals surface area contributed by atoms with Crippen LogP contribution in [0.1, 0.15) is 20.8 Å². The van der Waals surface area contributed by atoms with Gasteiger partial charge >= 0.3 is 0 Å². The van der Waals surface area contributed by atoms with E-state index in [9.17, 15) is 4.79 Å². The van der Waals surface area contributed by atoms with Crippen molar-refractivity contribution in [1.82, 2.24) is 0 Å². The summed E-state index contributed by atoms with van der Waals surface area (Å²) in [5.74, 6) is -0.257. The summed E-state index contributed by atoms with van der Waals surface area (Å²) in [6.07, 6.45) is 0. The van der Waals surface area contributed by atoms with E-state index < -0.39 is 0 Å². The lowest BCUT2D eigenvalue weighted by atomic mass is 9.96. The molecule has 0 fully saturated rings. The van der Waals surface area contributed by atoms with Crippen LogP contribution in [0.3, 0.4) is 0 Å². The topological polar surface area (TPSA) is 43.1 Å². The summed E-state index contributed by atoms with van der Waals surface area (Å²) in [6.45, 7) is 5.36. The van der Waals surface area contributed by atoms with Gasteiger partial charge in [-0.05, 0) is 0 Å². The van der Waals surface area contributed by atoms with E-state index in [0.29, 0.717) is 0 Å². The standard InChI is InChI=1S/C5H11NO.2ClH/c1-5(2,3)4(6)7;;/h1-3H3,(H2,6,7);2*1H. The van der Waals surface area contributed by atoms with Gasteiger partial charge in [0, 0.05) is 5.41 Å². The Morgan fingerprint density at radius 2 is 1.33 bits per heavy atom. The van der Waals surface area contributed by atoms with Gasteiger partial charge in [-0.2, -0.15) is 0 Å². The van der Waals surface area contributed by atoms with Crippen LogP contribution in [-0.2, 0) is 4.79 Å². The quantitative estimate of drug-likeness (QED) is 0.591. The van der Waals surface area contributed by atoms with E-state index in [0.717, 1.165) is 0 Å². The SMILES string of the molecule is CC(C)(C)C(N)=O.Cl.Cl. The van der Waals surface area contributed by atoms with Crippen LogP contribution in [0, 0.1) is 5.41 Å². The Labute approximate surface area is 68.0 Å². The van der Waals surface area contributed by atoms with E-state index in [4.69, 9.17) is 5.73 Å². The minimum absolute atomic E-state index is 0. The molecule has 2 nitrogen and oxygen atoms in total. The van der Waals surface area contributed by atoms with Gasteiger partial charge < -0.3 is 5.73 Å². The molecule has 0 aliphatic carbocycles. The van der Waals surface area contributed by atoms with Crippen molar-refractivity contribution in [3.05, 3.63) is 0 Å². The van der Waals surface area contributed by atoms with Gasteiger partial charge in [-0.15, -0.1) is 24.8 Å². The highest BCUT2D eigenvalue weighted by Gasteiger charge is 2.16. The second kappa shape index (κ2) is 4.89. The van der Waals surface area contributed by atoms with Crippen LogP contribution < -0.4 is 5.73 Å². The number of hydrogen-bond donors (Lipinski definition) is 1. The zero-order chi connectivity index (χ0) is 6.08. The summed E-state index contributed by atoms with van der Waals surface area (Å²) in [7, 11) is 0. The molecule has 0 bridgehead atoms. The van der Waals surface area contributed by atoms with Gasteiger partial charge in [0.15, 0.2) is 0 Å². The van der Waals surface area contributed by atoms with Crippen molar-refractivity contribution >= 4 is 30.7 Å². The average molecular weight is 174 g/mol. The van der Waals surface area contributed by atoms with E-state index in [1.165, 1.54) is 0 Å². The second-order valence-electron chi connectivity index (χ2n) is 2.61. The fourth-order valence-corrected chi connectivity index (χ4v) is 0. The number of nitrogens with two attached hydrogens (primary N) is 1. The molecule has 0 aromatic carbocycles. The maximum Gasteiger partial charge on any atom is 0.222 e. The Morgan fingerprint density at radius 3 is 1.33 bits per heavy atom. The third-order valence-corrected chi connectivity index (χ3v) is 0.739. The molecular weight excluding hydrogens is 161 g/mol. The van der Waals surface area contributed by atoms with Gasteiger partial charge in [-0.25, -0.2) is 0 Å². The first-order valence-electron chi connectivity index (χ1n) is 2.24. The molecule has 58 valence electrons. The van der Waals surface area contributed by atoms with E-state index >= 15 is 0 Å². The van der Waals surface area contributed by atoms with Crippen molar-refractivity contribution in [1.29, 1.82) is 0 Å². The van der Waals surface area contributed by atoms with Crippen molar-refractivity contribution in [3.8, 4) is 0 Å². The van der Waals surface area contributed by atoms with E-state index in [2.05, 4.69) is 0 Å². The van der Waals surface area contributed by atoms with Crippen LogP contribution in [0.4, 0.5) is 0 Å². The zero-order valence-corrected chi connectivity index (χ0v) is 7.44.